The SMILES string of the molecule is O=C(NCCC(O)c1ccccc1)C1C2CCCC21. The maximum atomic E-state index is 11.9. The van der Waals surface area contributed by atoms with Crippen LogP contribution in [0, 0.1) is 17.8 Å². The van der Waals surface area contributed by atoms with Crippen molar-refractivity contribution in [1.29, 1.82) is 0 Å². The van der Waals surface area contributed by atoms with Gasteiger partial charge < -0.3 is 10.4 Å². The number of nitrogens with one attached hydrogen (secondary N) is 1. The number of benzene rings is 1. The quantitative estimate of drug-likeness (QED) is 0.852. The Morgan fingerprint density at radius 1 is 1.26 bits per heavy atom. The molecule has 19 heavy (non-hydrogen) atoms. The highest BCUT2D eigenvalue weighted by Crippen LogP contribution is 2.57. The van der Waals surface area contributed by atoms with Crippen LogP contribution < -0.4 is 5.32 Å². The summed E-state index contributed by atoms with van der Waals surface area (Å²) in [5.41, 5.74) is 0.917. The summed E-state index contributed by atoms with van der Waals surface area (Å²) >= 11 is 0. The van der Waals surface area contributed by atoms with E-state index in [9.17, 15) is 9.90 Å². The van der Waals surface area contributed by atoms with Gasteiger partial charge in [-0.05, 0) is 36.7 Å². The van der Waals surface area contributed by atoms with Crippen molar-refractivity contribution in [2.45, 2.75) is 31.8 Å². The molecule has 1 aromatic rings. The lowest BCUT2D eigenvalue weighted by Gasteiger charge is -2.12. The molecule has 3 atom stereocenters. The zero-order chi connectivity index (χ0) is 13.2. The molecule has 0 aliphatic heterocycles. The highest BCUT2D eigenvalue weighted by molar-refractivity contribution is 5.82. The van der Waals surface area contributed by atoms with Gasteiger partial charge in [-0.3, -0.25) is 4.79 Å². The van der Waals surface area contributed by atoms with Crippen LogP contribution in [0.1, 0.15) is 37.4 Å². The molecule has 102 valence electrons. The summed E-state index contributed by atoms with van der Waals surface area (Å²) in [5, 5.41) is 13.0. The van der Waals surface area contributed by atoms with Crippen LogP contribution in [0.5, 0.6) is 0 Å². The minimum absolute atomic E-state index is 0.204. The van der Waals surface area contributed by atoms with E-state index < -0.39 is 6.10 Å². The lowest BCUT2D eigenvalue weighted by molar-refractivity contribution is -0.123. The molecule has 0 spiro atoms. The topological polar surface area (TPSA) is 49.3 Å². The van der Waals surface area contributed by atoms with E-state index in [1.807, 2.05) is 30.3 Å². The van der Waals surface area contributed by atoms with Crippen LogP contribution in [0.4, 0.5) is 0 Å². The Morgan fingerprint density at radius 2 is 1.95 bits per heavy atom. The van der Waals surface area contributed by atoms with Gasteiger partial charge in [-0.25, -0.2) is 0 Å². The summed E-state index contributed by atoms with van der Waals surface area (Å²) in [4.78, 5) is 11.9. The summed E-state index contributed by atoms with van der Waals surface area (Å²) < 4.78 is 0. The minimum Gasteiger partial charge on any atom is -0.388 e. The van der Waals surface area contributed by atoms with Gasteiger partial charge in [0.1, 0.15) is 0 Å². The molecule has 2 fully saturated rings. The summed E-state index contributed by atoms with van der Waals surface area (Å²) in [6, 6.07) is 9.60. The van der Waals surface area contributed by atoms with Crippen molar-refractivity contribution >= 4 is 5.91 Å². The predicted octanol–water partition coefficient (Wildman–Crippen LogP) is 2.27. The molecule has 1 aromatic carbocycles. The number of aliphatic hydroxyl groups is 1. The largest absolute Gasteiger partial charge is 0.388 e. The van der Waals surface area contributed by atoms with Gasteiger partial charge in [-0.1, -0.05) is 36.8 Å². The summed E-state index contributed by atoms with van der Waals surface area (Å²) in [6.45, 7) is 0.560. The molecule has 2 aliphatic rings. The number of carbonyl (C=O) groups excluding carboxylic acids is 1. The van der Waals surface area contributed by atoms with Crippen molar-refractivity contribution in [3.8, 4) is 0 Å². The van der Waals surface area contributed by atoms with Crippen molar-refractivity contribution in [2.75, 3.05) is 6.54 Å². The minimum atomic E-state index is -0.486. The third-order valence-corrected chi connectivity index (χ3v) is 4.61. The molecular weight excluding hydrogens is 238 g/mol. The smallest absolute Gasteiger partial charge is 0.223 e. The molecule has 0 aromatic heterocycles. The highest BCUT2D eigenvalue weighted by atomic mass is 16.3. The van der Waals surface area contributed by atoms with E-state index in [0.29, 0.717) is 24.8 Å². The molecule has 3 nitrogen and oxygen atoms in total. The van der Waals surface area contributed by atoms with Crippen molar-refractivity contribution in [2.24, 2.45) is 17.8 Å². The molecule has 0 heterocycles. The molecule has 2 saturated carbocycles. The van der Waals surface area contributed by atoms with E-state index >= 15 is 0 Å². The van der Waals surface area contributed by atoms with E-state index in [1.165, 1.54) is 19.3 Å². The second-order valence-corrected chi connectivity index (χ2v) is 5.79. The third-order valence-electron chi connectivity index (χ3n) is 4.61. The average molecular weight is 259 g/mol. The maximum absolute atomic E-state index is 11.9. The van der Waals surface area contributed by atoms with Gasteiger partial charge in [0.2, 0.25) is 5.91 Å². The van der Waals surface area contributed by atoms with Crippen LogP contribution in [0.2, 0.25) is 0 Å². The first kappa shape index (κ1) is 12.7. The van der Waals surface area contributed by atoms with Gasteiger partial charge in [0.25, 0.3) is 0 Å². The molecule has 0 radical (unpaired) electrons. The number of rotatable bonds is 5. The van der Waals surface area contributed by atoms with Crippen LogP contribution in [0.25, 0.3) is 0 Å². The third kappa shape index (κ3) is 2.66. The Labute approximate surface area is 114 Å². The molecule has 3 unspecified atom stereocenters. The zero-order valence-corrected chi connectivity index (χ0v) is 11.1. The lowest BCUT2D eigenvalue weighted by atomic mass is 10.1. The fourth-order valence-corrected chi connectivity index (χ4v) is 3.50. The van der Waals surface area contributed by atoms with Crippen LogP contribution >= 0.6 is 0 Å². The number of hydrogen-bond donors (Lipinski definition) is 2. The average Bonchev–Trinajstić information content (AvgIpc) is 2.93. The number of hydrogen-bond acceptors (Lipinski definition) is 2. The molecule has 2 aliphatic carbocycles. The Kier molecular flexibility index (Phi) is 3.56. The fraction of sp³-hybridized carbons (Fsp3) is 0.562. The van der Waals surface area contributed by atoms with Crippen LogP contribution in [0.3, 0.4) is 0 Å². The van der Waals surface area contributed by atoms with Gasteiger partial charge in [0, 0.05) is 12.5 Å². The van der Waals surface area contributed by atoms with E-state index in [-0.39, 0.29) is 11.8 Å². The van der Waals surface area contributed by atoms with E-state index in [0.717, 1.165) is 5.56 Å². The molecule has 2 N–H and O–H groups in total. The van der Waals surface area contributed by atoms with Crippen molar-refractivity contribution < 1.29 is 9.90 Å². The number of aliphatic hydroxyl groups excluding tert-OH is 1. The summed E-state index contributed by atoms with van der Waals surface area (Å²) in [5.74, 6) is 1.82. The fourth-order valence-electron chi connectivity index (χ4n) is 3.50. The van der Waals surface area contributed by atoms with Gasteiger partial charge >= 0.3 is 0 Å². The molecule has 3 rings (SSSR count). The molecule has 0 saturated heterocycles. The summed E-state index contributed by atoms with van der Waals surface area (Å²) in [7, 11) is 0. The molecule has 0 bridgehead atoms. The van der Waals surface area contributed by atoms with Crippen molar-refractivity contribution in [3.05, 3.63) is 35.9 Å². The van der Waals surface area contributed by atoms with Crippen LogP contribution in [0.15, 0.2) is 30.3 Å². The highest BCUT2D eigenvalue weighted by Gasteiger charge is 2.56. The van der Waals surface area contributed by atoms with E-state index in [4.69, 9.17) is 0 Å². The number of fused-ring (bicyclic) bond motifs is 1. The summed E-state index contributed by atoms with van der Waals surface area (Å²) in [6.07, 6.45) is 3.86. The number of carbonyl (C=O) groups is 1. The predicted molar refractivity (Wildman–Crippen MR) is 73.3 cm³/mol. The second-order valence-electron chi connectivity index (χ2n) is 5.79. The van der Waals surface area contributed by atoms with Gasteiger partial charge in [0.15, 0.2) is 0 Å². The normalized spacial score (nSPS) is 29.6. The Morgan fingerprint density at radius 3 is 2.63 bits per heavy atom. The maximum Gasteiger partial charge on any atom is 0.223 e. The molecule has 3 heteroatoms. The van der Waals surface area contributed by atoms with Gasteiger partial charge in [-0.2, -0.15) is 0 Å². The first-order valence-corrected chi connectivity index (χ1v) is 7.28. The Hall–Kier alpha value is -1.35. The van der Waals surface area contributed by atoms with E-state index in [1.54, 1.807) is 0 Å². The Balaban J connectivity index is 1.40. The second kappa shape index (κ2) is 5.33. The van der Waals surface area contributed by atoms with Crippen molar-refractivity contribution in [1.82, 2.24) is 5.32 Å². The van der Waals surface area contributed by atoms with Gasteiger partial charge in [0.05, 0.1) is 6.10 Å². The monoisotopic (exact) mass is 259 g/mol. The lowest BCUT2D eigenvalue weighted by Crippen LogP contribution is -2.28. The first-order chi connectivity index (χ1) is 9.27. The molecule has 1 amide bonds. The molecular formula is C16H21NO2. The Bertz CT molecular complexity index is 435. The van der Waals surface area contributed by atoms with E-state index in [2.05, 4.69) is 5.32 Å². The van der Waals surface area contributed by atoms with Gasteiger partial charge in [-0.15, -0.1) is 0 Å². The number of amides is 1. The van der Waals surface area contributed by atoms with Crippen LogP contribution in [-0.4, -0.2) is 17.6 Å². The van der Waals surface area contributed by atoms with Crippen molar-refractivity contribution in [3.63, 3.8) is 0 Å². The first-order valence-electron chi connectivity index (χ1n) is 7.28. The standard InChI is InChI=1S/C16H21NO2/c18-14(11-5-2-1-3-6-11)9-10-17-16(19)15-12-7-4-8-13(12)15/h1-3,5-6,12-15,18H,4,7-10H2,(H,17,19). The van der Waals surface area contributed by atoms with Crippen LogP contribution in [-0.2, 0) is 4.79 Å². The zero-order valence-electron chi connectivity index (χ0n) is 11.1.